The maximum Gasteiger partial charge on any atom is 0.296 e. The lowest BCUT2D eigenvalue weighted by atomic mass is 10.1. The summed E-state index contributed by atoms with van der Waals surface area (Å²) in [5.74, 6) is 0.293. The highest BCUT2D eigenvalue weighted by Gasteiger charge is 2.19. The number of halogens is 2. The Kier molecular flexibility index (Phi) is 9.33. The summed E-state index contributed by atoms with van der Waals surface area (Å²) in [5.41, 5.74) is 0.584. The molecule has 0 aliphatic heterocycles. The van der Waals surface area contributed by atoms with Crippen LogP contribution in [0.4, 0.5) is 11.4 Å². The topological polar surface area (TPSA) is 124 Å². The van der Waals surface area contributed by atoms with Crippen LogP contribution in [0.15, 0.2) is 60.2 Å². The van der Waals surface area contributed by atoms with Gasteiger partial charge in [-0.25, -0.2) is 0 Å². The lowest BCUT2D eigenvalue weighted by Gasteiger charge is -2.13. The molecule has 0 heterocycles. The molecule has 0 bridgehead atoms. The van der Waals surface area contributed by atoms with Gasteiger partial charge in [-0.05, 0) is 60.5 Å². The van der Waals surface area contributed by atoms with E-state index in [1.807, 2.05) is 6.07 Å². The summed E-state index contributed by atoms with van der Waals surface area (Å²) in [5, 5.41) is 24.2. The monoisotopic (exact) mass is 541 g/mol. The van der Waals surface area contributed by atoms with Crippen LogP contribution in [-0.2, 0) is 11.4 Å². The summed E-state index contributed by atoms with van der Waals surface area (Å²) in [6.07, 6.45) is 1.34. The van der Waals surface area contributed by atoms with E-state index in [2.05, 4.69) is 5.32 Å². The van der Waals surface area contributed by atoms with Crippen LogP contribution in [0, 0.1) is 21.4 Å². The minimum Gasteiger partial charge on any atom is -0.496 e. The molecule has 3 aromatic rings. The highest BCUT2D eigenvalue weighted by molar-refractivity contribution is 6.42. The Hall–Kier alpha value is -4.26. The van der Waals surface area contributed by atoms with Crippen LogP contribution < -0.4 is 19.5 Å². The molecular weight excluding hydrogens is 521 g/mol. The first-order chi connectivity index (χ1) is 17.7. The fourth-order valence-electron chi connectivity index (χ4n) is 3.19. The fraction of sp³-hybridized carbons (Fsp3) is 0.154. The van der Waals surface area contributed by atoms with E-state index in [1.54, 1.807) is 43.3 Å². The fourth-order valence-corrected chi connectivity index (χ4v) is 3.51. The van der Waals surface area contributed by atoms with Gasteiger partial charge in [0.05, 0.1) is 34.8 Å². The molecule has 1 N–H and O–H groups in total. The Balaban J connectivity index is 1.82. The van der Waals surface area contributed by atoms with Gasteiger partial charge in [-0.2, -0.15) is 5.26 Å². The third-order valence-electron chi connectivity index (χ3n) is 4.97. The van der Waals surface area contributed by atoms with E-state index < -0.39 is 10.8 Å². The molecule has 0 saturated heterocycles. The zero-order valence-corrected chi connectivity index (χ0v) is 21.3. The van der Waals surface area contributed by atoms with Crippen molar-refractivity contribution in [3.05, 3.63) is 91.5 Å². The third-order valence-corrected chi connectivity index (χ3v) is 5.71. The summed E-state index contributed by atoms with van der Waals surface area (Å²) in [6, 6.07) is 15.9. The number of anilines is 1. The second kappa shape index (κ2) is 12.6. The van der Waals surface area contributed by atoms with Crippen molar-refractivity contribution in [3.63, 3.8) is 0 Å². The quantitative estimate of drug-likeness (QED) is 0.135. The summed E-state index contributed by atoms with van der Waals surface area (Å²) in [6.45, 7) is 2.36. The molecule has 0 fully saturated rings. The molecule has 190 valence electrons. The molecule has 0 atom stereocenters. The molecule has 0 aromatic heterocycles. The number of hydrogen-bond acceptors (Lipinski definition) is 7. The van der Waals surface area contributed by atoms with Crippen molar-refractivity contribution in [2.45, 2.75) is 13.5 Å². The van der Waals surface area contributed by atoms with Crippen molar-refractivity contribution in [2.24, 2.45) is 0 Å². The number of rotatable bonds is 10. The van der Waals surface area contributed by atoms with Crippen LogP contribution in [0.3, 0.4) is 0 Å². The van der Waals surface area contributed by atoms with E-state index in [1.165, 1.54) is 31.4 Å². The largest absolute Gasteiger partial charge is 0.496 e. The molecular formula is C26H21Cl2N3O6. The highest BCUT2D eigenvalue weighted by atomic mass is 35.5. The Morgan fingerprint density at radius 3 is 2.51 bits per heavy atom. The molecule has 9 nitrogen and oxygen atoms in total. The maximum absolute atomic E-state index is 12.7. The van der Waals surface area contributed by atoms with Gasteiger partial charge in [0, 0.05) is 0 Å². The van der Waals surface area contributed by atoms with E-state index in [-0.39, 0.29) is 29.3 Å². The molecule has 0 aliphatic rings. The molecule has 0 spiro atoms. The second-order valence-corrected chi connectivity index (χ2v) is 8.25. The first kappa shape index (κ1) is 27.3. The van der Waals surface area contributed by atoms with Gasteiger partial charge in [0.15, 0.2) is 11.5 Å². The Morgan fingerprint density at radius 1 is 1.08 bits per heavy atom. The number of amides is 1. The summed E-state index contributed by atoms with van der Waals surface area (Å²) in [4.78, 5) is 23.5. The second-order valence-electron chi connectivity index (χ2n) is 7.44. The van der Waals surface area contributed by atoms with Gasteiger partial charge >= 0.3 is 0 Å². The van der Waals surface area contributed by atoms with Crippen LogP contribution >= 0.6 is 23.2 Å². The number of nitrogens with zero attached hydrogens (tertiary/aromatic N) is 2. The van der Waals surface area contributed by atoms with Gasteiger partial charge in [-0.15, -0.1) is 0 Å². The Bertz CT molecular complexity index is 1400. The molecule has 11 heteroatoms. The molecule has 0 aliphatic carbocycles. The summed E-state index contributed by atoms with van der Waals surface area (Å²) < 4.78 is 16.5. The number of benzene rings is 3. The van der Waals surface area contributed by atoms with Gasteiger partial charge in [-0.3, -0.25) is 14.9 Å². The van der Waals surface area contributed by atoms with E-state index in [0.29, 0.717) is 33.7 Å². The van der Waals surface area contributed by atoms with Crippen molar-refractivity contribution in [2.75, 3.05) is 19.0 Å². The molecule has 1 amide bonds. The normalized spacial score (nSPS) is 10.8. The van der Waals surface area contributed by atoms with Gasteiger partial charge in [-0.1, -0.05) is 35.3 Å². The first-order valence-electron chi connectivity index (χ1n) is 10.8. The van der Waals surface area contributed by atoms with Crippen molar-refractivity contribution in [1.82, 2.24) is 0 Å². The zero-order valence-electron chi connectivity index (χ0n) is 19.8. The van der Waals surface area contributed by atoms with Crippen LogP contribution in [0.1, 0.15) is 18.1 Å². The Labute approximate surface area is 222 Å². The SMILES string of the molecule is CCOc1cc(/C=C(\C#N)C(=O)Nc2ccc(OC)cc2[N+](=O)[O-])ccc1OCc1ccc(Cl)c(Cl)c1. The van der Waals surface area contributed by atoms with Crippen molar-refractivity contribution in [3.8, 4) is 23.3 Å². The number of nitrogens with one attached hydrogen (secondary N) is 1. The third kappa shape index (κ3) is 7.13. The van der Waals surface area contributed by atoms with Crippen LogP contribution in [0.2, 0.25) is 10.0 Å². The lowest BCUT2D eigenvalue weighted by Crippen LogP contribution is -2.14. The summed E-state index contributed by atoms with van der Waals surface area (Å²) >= 11 is 12.0. The molecule has 0 unspecified atom stereocenters. The molecule has 0 radical (unpaired) electrons. The minimum absolute atomic E-state index is 0.0713. The van der Waals surface area contributed by atoms with Gasteiger partial charge in [0.25, 0.3) is 11.6 Å². The number of hydrogen-bond donors (Lipinski definition) is 1. The molecule has 37 heavy (non-hydrogen) atoms. The van der Waals surface area contributed by atoms with E-state index >= 15 is 0 Å². The van der Waals surface area contributed by atoms with Crippen LogP contribution in [0.25, 0.3) is 6.08 Å². The van der Waals surface area contributed by atoms with Crippen molar-refractivity contribution >= 4 is 46.6 Å². The number of nitro groups is 1. The molecule has 3 rings (SSSR count). The predicted molar refractivity (Wildman–Crippen MR) is 140 cm³/mol. The molecule has 0 saturated carbocycles. The van der Waals surface area contributed by atoms with E-state index in [0.717, 1.165) is 5.56 Å². The maximum atomic E-state index is 12.7. The summed E-state index contributed by atoms with van der Waals surface area (Å²) in [7, 11) is 1.37. The lowest BCUT2D eigenvalue weighted by molar-refractivity contribution is -0.384. The van der Waals surface area contributed by atoms with Crippen LogP contribution in [0.5, 0.6) is 17.2 Å². The average molecular weight is 542 g/mol. The minimum atomic E-state index is -0.811. The number of carbonyl (C=O) groups is 1. The number of nitro benzene ring substituents is 1. The zero-order chi connectivity index (χ0) is 26.9. The van der Waals surface area contributed by atoms with Crippen molar-refractivity contribution in [1.29, 1.82) is 5.26 Å². The van der Waals surface area contributed by atoms with Gasteiger partial charge in [0.2, 0.25) is 0 Å². The van der Waals surface area contributed by atoms with Crippen molar-refractivity contribution < 1.29 is 23.9 Å². The number of carbonyl (C=O) groups excluding carboxylic acids is 1. The molecule has 3 aromatic carbocycles. The highest BCUT2D eigenvalue weighted by Crippen LogP contribution is 2.32. The van der Waals surface area contributed by atoms with E-state index in [9.17, 15) is 20.2 Å². The smallest absolute Gasteiger partial charge is 0.296 e. The number of ether oxygens (including phenoxy) is 3. The van der Waals surface area contributed by atoms with Gasteiger partial charge < -0.3 is 19.5 Å². The Morgan fingerprint density at radius 2 is 1.86 bits per heavy atom. The first-order valence-corrected chi connectivity index (χ1v) is 11.6. The van der Waals surface area contributed by atoms with Crippen LogP contribution in [-0.4, -0.2) is 24.5 Å². The van der Waals surface area contributed by atoms with E-state index in [4.69, 9.17) is 37.4 Å². The standard InChI is InChI=1S/C26H21Cl2N3O6/c1-3-36-25-12-16(5-9-24(25)37-15-17-4-7-20(27)21(28)11-17)10-18(14-29)26(32)30-22-8-6-19(35-2)13-23(22)31(33)34/h4-13H,3,15H2,1-2H3,(H,30,32)/b18-10+. The van der Waals surface area contributed by atoms with Gasteiger partial charge in [0.1, 0.15) is 29.7 Å². The predicted octanol–water partition coefficient (Wildman–Crippen LogP) is 6.43. The number of methoxy groups -OCH3 is 1. The average Bonchev–Trinajstić information content (AvgIpc) is 2.88. The number of nitriles is 1.